The zero-order valence-electron chi connectivity index (χ0n) is 19.4. The van der Waals surface area contributed by atoms with Crippen LogP contribution in [0.2, 0.25) is 0 Å². The smallest absolute Gasteiger partial charge is 0.347 e. The van der Waals surface area contributed by atoms with Crippen LogP contribution < -0.4 is 10.6 Å². The highest BCUT2D eigenvalue weighted by atomic mass is 19.4. The molecule has 8 heteroatoms. The number of piperidine rings is 1. The molecule has 2 aromatic carbocycles. The normalized spacial score (nSPS) is 28.3. The van der Waals surface area contributed by atoms with E-state index in [4.69, 9.17) is 0 Å². The molecule has 2 aliphatic carbocycles. The second kappa shape index (κ2) is 9.64. The summed E-state index contributed by atoms with van der Waals surface area (Å²) >= 11 is 0. The van der Waals surface area contributed by atoms with Gasteiger partial charge in [-0.1, -0.05) is 36.4 Å². The monoisotopic (exact) mass is 485 g/mol. The zero-order chi connectivity index (χ0) is 24.6. The molecule has 35 heavy (non-hydrogen) atoms. The van der Waals surface area contributed by atoms with E-state index in [1.807, 2.05) is 0 Å². The number of likely N-dealkylation sites (tertiary alicyclic amines) is 1. The van der Waals surface area contributed by atoms with Crippen molar-refractivity contribution in [1.82, 2.24) is 10.2 Å². The van der Waals surface area contributed by atoms with Gasteiger partial charge in [0.1, 0.15) is 0 Å². The lowest BCUT2D eigenvalue weighted by Gasteiger charge is -2.36. The highest BCUT2D eigenvalue weighted by Crippen LogP contribution is 2.53. The highest BCUT2D eigenvalue weighted by Gasteiger charge is 2.60. The summed E-state index contributed by atoms with van der Waals surface area (Å²) in [5.74, 6) is 0.590. The molecule has 3 atom stereocenters. The Kier molecular flexibility index (Phi) is 6.57. The van der Waals surface area contributed by atoms with Gasteiger partial charge in [-0.2, -0.15) is 13.2 Å². The number of halogens is 3. The third kappa shape index (κ3) is 5.37. The second-order valence-corrected chi connectivity index (χ2v) is 10.1. The van der Waals surface area contributed by atoms with Gasteiger partial charge in [0.25, 0.3) is 0 Å². The van der Waals surface area contributed by atoms with Gasteiger partial charge >= 0.3 is 6.18 Å². The predicted molar refractivity (Wildman–Crippen MR) is 127 cm³/mol. The van der Waals surface area contributed by atoms with E-state index in [0.29, 0.717) is 23.8 Å². The molecule has 3 aliphatic rings. The quantitative estimate of drug-likeness (QED) is 0.626. The van der Waals surface area contributed by atoms with E-state index in [9.17, 15) is 22.8 Å². The fourth-order valence-corrected chi connectivity index (χ4v) is 6.01. The summed E-state index contributed by atoms with van der Waals surface area (Å²) in [6.45, 7) is 1.61. The summed E-state index contributed by atoms with van der Waals surface area (Å²) in [7, 11) is 0. The van der Waals surface area contributed by atoms with Gasteiger partial charge in [0.05, 0.1) is 12.1 Å². The minimum Gasteiger partial charge on any atom is -0.347 e. The average molecular weight is 486 g/mol. The van der Waals surface area contributed by atoms with Crippen molar-refractivity contribution < 1.29 is 22.8 Å². The number of hydrogen-bond acceptors (Lipinski definition) is 3. The molecule has 5 nitrogen and oxygen atoms in total. The summed E-state index contributed by atoms with van der Waals surface area (Å²) in [5.41, 5.74) is 0.660. The molecule has 0 spiro atoms. The molecule has 1 saturated heterocycles. The molecule has 2 amide bonds. The third-order valence-corrected chi connectivity index (χ3v) is 7.91. The van der Waals surface area contributed by atoms with Gasteiger partial charge < -0.3 is 10.6 Å². The zero-order valence-corrected chi connectivity index (χ0v) is 19.4. The number of carbonyl (C=O) groups is 2. The van der Waals surface area contributed by atoms with Crippen LogP contribution in [-0.2, 0) is 15.8 Å². The maximum absolute atomic E-state index is 12.8. The first-order chi connectivity index (χ1) is 16.8. The fraction of sp³-hybridized carbons (Fsp3) is 0.481. The Morgan fingerprint density at radius 1 is 0.914 bits per heavy atom. The van der Waals surface area contributed by atoms with E-state index in [1.54, 1.807) is 0 Å². The van der Waals surface area contributed by atoms with Crippen LogP contribution in [0.15, 0.2) is 54.6 Å². The number of nitrogens with one attached hydrogen (secondary N) is 2. The number of nitrogens with zero attached hydrogens (tertiary/aromatic N) is 1. The van der Waals surface area contributed by atoms with Crippen LogP contribution in [0.1, 0.15) is 42.7 Å². The summed E-state index contributed by atoms with van der Waals surface area (Å²) in [6.07, 6.45) is 0.293. The van der Waals surface area contributed by atoms with Crippen LogP contribution >= 0.6 is 0 Å². The first kappa shape index (κ1) is 23.9. The van der Waals surface area contributed by atoms with E-state index in [1.165, 1.54) is 43.4 Å². The molecule has 1 unspecified atom stereocenters. The van der Waals surface area contributed by atoms with Crippen molar-refractivity contribution in [2.75, 3.05) is 25.0 Å². The number of benzene rings is 2. The number of carbonyl (C=O) groups excluding carboxylic acids is 2. The van der Waals surface area contributed by atoms with Crippen LogP contribution in [-0.4, -0.2) is 42.4 Å². The van der Waals surface area contributed by atoms with E-state index in [-0.39, 0.29) is 24.1 Å². The van der Waals surface area contributed by atoms with Gasteiger partial charge in [-0.05, 0) is 67.2 Å². The van der Waals surface area contributed by atoms with Crippen molar-refractivity contribution >= 4 is 17.5 Å². The number of hydrogen-bond donors (Lipinski definition) is 2. The van der Waals surface area contributed by atoms with Gasteiger partial charge in [-0.15, -0.1) is 0 Å². The van der Waals surface area contributed by atoms with Gasteiger partial charge in [0.15, 0.2) is 0 Å². The van der Waals surface area contributed by atoms with Crippen molar-refractivity contribution in [3.8, 4) is 0 Å². The Labute approximate surface area is 203 Å². The van der Waals surface area contributed by atoms with E-state index >= 15 is 0 Å². The molecule has 0 bridgehead atoms. The minimum atomic E-state index is -4.48. The number of alkyl halides is 3. The van der Waals surface area contributed by atoms with Crippen molar-refractivity contribution in [3.05, 3.63) is 65.7 Å². The average Bonchev–Trinajstić information content (AvgIpc) is 3.36. The molecule has 2 N–H and O–H groups in total. The fourth-order valence-electron chi connectivity index (χ4n) is 6.01. The van der Waals surface area contributed by atoms with Crippen LogP contribution in [0.4, 0.5) is 18.9 Å². The summed E-state index contributed by atoms with van der Waals surface area (Å²) in [5, 5.41) is 5.09. The first-order valence-corrected chi connectivity index (χ1v) is 12.3. The largest absolute Gasteiger partial charge is 0.416 e. The molecule has 1 heterocycles. The Balaban J connectivity index is 1.03. The van der Waals surface area contributed by atoms with E-state index in [2.05, 4.69) is 45.9 Å². The van der Waals surface area contributed by atoms with E-state index < -0.39 is 17.6 Å². The van der Waals surface area contributed by atoms with E-state index in [0.717, 1.165) is 25.2 Å². The Bertz CT molecular complexity index is 1050. The van der Waals surface area contributed by atoms with Gasteiger partial charge in [0.2, 0.25) is 11.8 Å². The summed E-state index contributed by atoms with van der Waals surface area (Å²) in [6, 6.07) is 15.8. The maximum atomic E-state index is 12.8. The molecular weight excluding hydrogens is 455 g/mol. The molecular formula is C27H30F3N3O2. The molecule has 3 fully saturated rings. The van der Waals surface area contributed by atoms with Crippen molar-refractivity contribution in [2.45, 2.75) is 43.8 Å². The minimum absolute atomic E-state index is 0.0555. The molecule has 0 aromatic heterocycles. The summed E-state index contributed by atoms with van der Waals surface area (Å²) in [4.78, 5) is 27.3. The van der Waals surface area contributed by atoms with Crippen LogP contribution in [0.25, 0.3) is 0 Å². The number of fused-ring (bicyclic) bond motifs is 1. The third-order valence-electron chi connectivity index (χ3n) is 7.91. The Hall–Kier alpha value is -2.87. The SMILES string of the molecule is O=C(CNC(=O)C1[C@H]2CN(C3CCC(c4ccccc4)CC3)C[C@@H]12)Nc1cccc(C(F)(F)F)c1. The predicted octanol–water partition coefficient (Wildman–Crippen LogP) is 4.66. The summed E-state index contributed by atoms with van der Waals surface area (Å²) < 4.78 is 38.5. The Morgan fingerprint density at radius 2 is 1.60 bits per heavy atom. The first-order valence-electron chi connectivity index (χ1n) is 12.3. The number of rotatable bonds is 6. The molecule has 2 aromatic rings. The standard InChI is InChI=1S/C27H30F3N3O2/c28-27(29,30)19-7-4-8-20(13-19)32-24(34)14-31-26(35)25-22-15-33(16-23(22)25)21-11-9-18(10-12-21)17-5-2-1-3-6-17/h1-8,13,18,21-23,25H,9-12,14-16H2,(H,31,35)(H,32,34)/t18?,21?,22-,23+,25?. The van der Waals surface area contributed by atoms with Crippen LogP contribution in [0, 0.1) is 17.8 Å². The van der Waals surface area contributed by atoms with Crippen molar-refractivity contribution in [3.63, 3.8) is 0 Å². The number of anilines is 1. The van der Waals surface area contributed by atoms with Crippen LogP contribution in [0.3, 0.4) is 0 Å². The number of amides is 2. The maximum Gasteiger partial charge on any atom is 0.416 e. The molecule has 5 rings (SSSR count). The van der Waals surface area contributed by atoms with Crippen LogP contribution in [0.5, 0.6) is 0 Å². The molecule has 0 radical (unpaired) electrons. The lowest BCUT2D eigenvalue weighted by molar-refractivity contribution is -0.137. The van der Waals surface area contributed by atoms with Gasteiger partial charge in [-0.25, -0.2) is 0 Å². The second-order valence-electron chi connectivity index (χ2n) is 10.1. The van der Waals surface area contributed by atoms with Gasteiger partial charge in [0, 0.05) is 30.7 Å². The molecule has 1 aliphatic heterocycles. The lowest BCUT2D eigenvalue weighted by Crippen LogP contribution is -2.40. The molecule has 186 valence electrons. The van der Waals surface area contributed by atoms with Crippen molar-refractivity contribution in [1.29, 1.82) is 0 Å². The topological polar surface area (TPSA) is 61.4 Å². The van der Waals surface area contributed by atoms with Crippen molar-refractivity contribution in [2.24, 2.45) is 17.8 Å². The molecule has 2 saturated carbocycles. The lowest BCUT2D eigenvalue weighted by atomic mass is 9.81. The Morgan fingerprint density at radius 3 is 2.26 bits per heavy atom. The highest BCUT2D eigenvalue weighted by molar-refractivity contribution is 5.95. The van der Waals surface area contributed by atoms with Gasteiger partial charge in [-0.3, -0.25) is 14.5 Å².